The predicted molar refractivity (Wildman–Crippen MR) is 60.5 cm³/mol. The molecule has 0 aliphatic carbocycles. The molecule has 0 saturated carbocycles. The molecule has 0 atom stereocenters. The van der Waals surface area contributed by atoms with Gasteiger partial charge in [0.25, 0.3) is 0 Å². The van der Waals surface area contributed by atoms with Gasteiger partial charge in [-0.1, -0.05) is 6.92 Å². The quantitative estimate of drug-likeness (QED) is 0.690. The van der Waals surface area contributed by atoms with Crippen LogP contribution in [-0.2, 0) is 17.8 Å². The normalized spacial score (nSPS) is 10.1. The minimum absolute atomic E-state index is 0.682. The number of aromatic nitrogens is 1. The van der Waals surface area contributed by atoms with Gasteiger partial charge in [0.1, 0.15) is 0 Å². The van der Waals surface area contributed by atoms with Crippen molar-refractivity contribution in [2.75, 3.05) is 6.54 Å². The third kappa shape index (κ3) is 3.05. The van der Waals surface area contributed by atoms with Crippen molar-refractivity contribution in [1.29, 1.82) is 0 Å². The van der Waals surface area contributed by atoms with Crippen LogP contribution in [0.2, 0.25) is 0 Å². The number of carbonyl (C=O) groups excluding carboxylic acids is 1. The lowest BCUT2D eigenvalue weighted by atomic mass is 10.1. The van der Waals surface area contributed by atoms with Crippen molar-refractivity contribution < 1.29 is 4.79 Å². The lowest BCUT2D eigenvalue weighted by Gasteiger charge is -2.16. The van der Waals surface area contributed by atoms with Crippen molar-refractivity contribution in [2.24, 2.45) is 0 Å². The van der Waals surface area contributed by atoms with Crippen molar-refractivity contribution in [2.45, 2.75) is 33.7 Å². The topological polar surface area (TPSA) is 33.2 Å². The average Bonchev–Trinajstić information content (AvgIpc) is 2.28. The molecular formula is C12H18N2O. The Morgan fingerprint density at radius 1 is 1.47 bits per heavy atom. The highest BCUT2D eigenvalue weighted by Crippen LogP contribution is 2.11. The third-order valence-corrected chi connectivity index (χ3v) is 2.56. The van der Waals surface area contributed by atoms with E-state index in [-0.39, 0.29) is 0 Å². The summed E-state index contributed by atoms with van der Waals surface area (Å²) < 4.78 is 0. The smallest absolute Gasteiger partial charge is 0.209 e. The van der Waals surface area contributed by atoms with Crippen molar-refractivity contribution in [1.82, 2.24) is 9.88 Å². The summed E-state index contributed by atoms with van der Waals surface area (Å²) in [6.07, 6.45) is 3.71. The van der Waals surface area contributed by atoms with E-state index in [4.69, 9.17) is 0 Å². The van der Waals surface area contributed by atoms with Gasteiger partial charge in [-0.25, -0.2) is 0 Å². The molecule has 0 radical (unpaired) electrons. The van der Waals surface area contributed by atoms with Gasteiger partial charge in [-0.2, -0.15) is 0 Å². The van der Waals surface area contributed by atoms with Crippen LogP contribution in [0.4, 0.5) is 0 Å². The molecule has 3 nitrogen and oxygen atoms in total. The van der Waals surface area contributed by atoms with Gasteiger partial charge >= 0.3 is 0 Å². The van der Waals surface area contributed by atoms with Crippen LogP contribution in [0.1, 0.15) is 30.7 Å². The Morgan fingerprint density at radius 3 is 2.73 bits per heavy atom. The zero-order chi connectivity index (χ0) is 11.3. The molecule has 0 aliphatic rings. The molecule has 15 heavy (non-hydrogen) atoms. The van der Waals surface area contributed by atoms with Gasteiger partial charge in [0.2, 0.25) is 6.41 Å². The summed E-state index contributed by atoms with van der Waals surface area (Å²) in [5.74, 6) is 0. The summed E-state index contributed by atoms with van der Waals surface area (Å²) in [6.45, 7) is 7.51. The number of rotatable bonds is 5. The summed E-state index contributed by atoms with van der Waals surface area (Å²) >= 11 is 0. The number of hydrogen-bond donors (Lipinski definition) is 0. The van der Waals surface area contributed by atoms with Crippen LogP contribution in [0.25, 0.3) is 0 Å². The van der Waals surface area contributed by atoms with Crippen LogP contribution in [0, 0.1) is 6.92 Å². The molecule has 1 aromatic rings. The van der Waals surface area contributed by atoms with Gasteiger partial charge in [-0.05, 0) is 37.5 Å². The molecule has 0 bridgehead atoms. The Morgan fingerprint density at radius 2 is 2.20 bits per heavy atom. The molecular weight excluding hydrogens is 188 g/mol. The molecule has 0 unspecified atom stereocenters. The molecule has 1 aromatic heterocycles. The van der Waals surface area contributed by atoms with Crippen molar-refractivity contribution in [3.63, 3.8) is 0 Å². The maximum atomic E-state index is 10.7. The number of carbonyl (C=O) groups is 1. The van der Waals surface area contributed by atoms with Crippen LogP contribution < -0.4 is 0 Å². The summed E-state index contributed by atoms with van der Waals surface area (Å²) in [7, 11) is 0. The maximum absolute atomic E-state index is 10.7. The summed E-state index contributed by atoms with van der Waals surface area (Å²) in [5.41, 5.74) is 3.42. The summed E-state index contributed by atoms with van der Waals surface area (Å²) in [6, 6.07) is 2.08. The minimum atomic E-state index is 0.682. The molecule has 1 heterocycles. The second-order valence-corrected chi connectivity index (χ2v) is 3.62. The lowest BCUT2D eigenvalue weighted by molar-refractivity contribution is -0.118. The Labute approximate surface area is 91.1 Å². The number of aryl methyl sites for hydroxylation is 2. The average molecular weight is 206 g/mol. The highest BCUT2D eigenvalue weighted by molar-refractivity contribution is 5.47. The van der Waals surface area contributed by atoms with Crippen LogP contribution in [-0.4, -0.2) is 22.8 Å². The standard InChI is InChI=1S/C12H18N2O/c1-4-12-6-11(10(3)7-13-12)8-14(5-2)9-15/h6-7,9H,4-5,8H2,1-3H3. The van der Waals surface area contributed by atoms with Crippen LogP contribution >= 0.6 is 0 Å². The second kappa shape index (κ2) is 5.49. The number of amides is 1. The fourth-order valence-electron chi connectivity index (χ4n) is 1.42. The summed E-state index contributed by atoms with van der Waals surface area (Å²) in [5, 5.41) is 0. The molecule has 3 heteroatoms. The van der Waals surface area contributed by atoms with Gasteiger partial charge in [-0.3, -0.25) is 9.78 Å². The predicted octanol–water partition coefficient (Wildman–Crippen LogP) is 1.93. The van der Waals surface area contributed by atoms with Crippen LogP contribution in [0.3, 0.4) is 0 Å². The molecule has 0 aromatic carbocycles. The Hall–Kier alpha value is -1.38. The van der Waals surface area contributed by atoms with Gasteiger partial charge in [0.05, 0.1) is 0 Å². The Kier molecular flexibility index (Phi) is 4.28. The number of hydrogen-bond acceptors (Lipinski definition) is 2. The highest BCUT2D eigenvalue weighted by Gasteiger charge is 2.04. The SMILES string of the molecule is CCc1cc(CN(C=O)CC)c(C)cn1. The molecule has 82 valence electrons. The first-order valence-electron chi connectivity index (χ1n) is 5.35. The van der Waals surface area contributed by atoms with Crippen molar-refractivity contribution in [3.8, 4) is 0 Å². The molecule has 0 N–H and O–H groups in total. The van der Waals surface area contributed by atoms with E-state index in [1.54, 1.807) is 4.90 Å². The Balaban J connectivity index is 2.87. The number of pyridine rings is 1. The molecule has 1 amide bonds. The van der Waals surface area contributed by atoms with Crippen molar-refractivity contribution >= 4 is 6.41 Å². The first-order chi connectivity index (χ1) is 7.21. The van der Waals surface area contributed by atoms with Crippen LogP contribution in [0.5, 0.6) is 0 Å². The fraction of sp³-hybridized carbons (Fsp3) is 0.500. The van der Waals surface area contributed by atoms with Crippen LogP contribution in [0.15, 0.2) is 12.3 Å². The van der Waals surface area contributed by atoms with Gasteiger partial charge in [0, 0.05) is 25.0 Å². The lowest BCUT2D eigenvalue weighted by Crippen LogP contribution is -2.21. The zero-order valence-corrected chi connectivity index (χ0v) is 9.66. The largest absolute Gasteiger partial charge is 0.341 e. The van der Waals surface area contributed by atoms with E-state index >= 15 is 0 Å². The zero-order valence-electron chi connectivity index (χ0n) is 9.66. The van der Waals surface area contributed by atoms with E-state index in [9.17, 15) is 4.79 Å². The second-order valence-electron chi connectivity index (χ2n) is 3.62. The highest BCUT2D eigenvalue weighted by atomic mass is 16.1. The van der Waals surface area contributed by atoms with E-state index in [1.807, 2.05) is 20.0 Å². The summed E-state index contributed by atoms with van der Waals surface area (Å²) in [4.78, 5) is 16.8. The third-order valence-electron chi connectivity index (χ3n) is 2.56. The van der Waals surface area contributed by atoms with E-state index in [0.717, 1.165) is 30.6 Å². The fourth-order valence-corrected chi connectivity index (χ4v) is 1.42. The number of nitrogens with zero attached hydrogens (tertiary/aromatic N) is 2. The maximum Gasteiger partial charge on any atom is 0.209 e. The first kappa shape index (κ1) is 11.7. The molecule has 0 aliphatic heterocycles. The van der Waals surface area contributed by atoms with E-state index < -0.39 is 0 Å². The van der Waals surface area contributed by atoms with E-state index in [2.05, 4.69) is 18.0 Å². The van der Waals surface area contributed by atoms with E-state index in [1.165, 1.54) is 5.56 Å². The van der Waals surface area contributed by atoms with Crippen molar-refractivity contribution in [3.05, 3.63) is 29.1 Å². The molecule has 1 rings (SSSR count). The van der Waals surface area contributed by atoms with E-state index in [0.29, 0.717) is 6.54 Å². The minimum Gasteiger partial charge on any atom is -0.341 e. The first-order valence-corrected chi connectivity index (χ1v) is 5.35. The van der Waals surface area contributed by atoms with Gasteiger partial charge in [0.15, 0.2) is 0 Å². The van der Waals surface area contributed by atoms with Gasteiger partial charge in [-0.15, -0.1) is 0 Å². The molecule has 0 saturated heterocycles. The monoisotopic (exact) mass is 206 g/mol. The Bertz CT molecular complexity index is 336. The molecule has 0 fully saturated rings. The molecule has 0 spiro atoms. The van der Waals surface area contributed by atoms with Gasteiger partial charge < -0.3 is 4.90 Å².